The highest BCUT2D eigenvalue weighted by atomic mass is 16.5. The van der Waals surface area contributed by atoms with Crippen LogP contribution in [-0.4, -0.2) is 10.6 Å². The van der Waals surface area contributed by atoms with E-state index < -0.39 is 0 Å². The Morgan fingerprint density at radius 3 is 2.26 bits per heavy atom. The van der Waals surface area contributed by atoms with Gasteiger partial charge in [-0.15, -0.1) is 0 Å². The first-order chi connectivity index (χ1) is 8.88. The van der Waals surface area contributed by atoms with E-state index in [1.54, 1.807) is 0 Å². The quantitative estimate of drug-likeness (QED) is 0.785. The maximum Gasteiger partial charge on any atom is 0.132 e. The molecule has 2 heteroatoms. The van der Waals surface area contributed by atoms with Crippen LogP contribution in [0.1, 0.15) is 31.9 Å². The average Bonchev–Trinajstić information content (AvgIpc) is 2.31. The van der Waals surface area contributed by atoms with Gasteiger partial charge in [0.25, 0.3) is 0 Å². The van der Waals surface area contributed by atoms with Gasteiger partial charge in [-0.05, 0) is 57.9 Å². The molecule has 2 aromatic rings. The molecule has 100 valence electrons. The van der Waals surface area contributed by atoms with Gasteiger partial charge in [-0.2, -0.15) is 0 Å². The smallest absolute Gasteiger partial charge is 0.132 e. The summed E-state index contributed by atoms with van der Waals surface area (Å²) < 4.78 is 6.13. The molecule has 0 N–H and O–H groups in total. The molecule has 1 aromatic heterocycles. The summed E-state index contributed by atoms with van der Waals surface area (Å²) >= 11 is 0. The van der Waals surface area contributed by atoms with Gasteiger partial charge < -0.3 is 4.74 Å². The summed E-state index contributed by atoms with van der Waals surface area (Å²) in [5.41, 5.74) is 4.13. The number of ether oxygens (including phenoxy) is 1. The molecule has 0 aliphatic heterocycles. The van der Waals surface area contributed by atoms with Gasteiger partial charge in [0.05, 0.1) is 5.69 Å². The Kier molecular flexibility index (Phi) is 3.61. The third-order valence-corrected chi connectivity index (χ3v) is 2.88. The van der Waals surface area contributed by atoms with Crippen molar-refractivity contribution in [1.82, 2.24) is 4.98 Å². The molecule has 1 heterocycles. The lowest BCUT2D eigenvalue weighted by Gasteiger charge is -2.25. The summed E-state index contributed by atoms with van der Waals surface area (Å²) in [5, 5.41) is 0. The number of rotatable bonds is 2. The number of nitrogens with zero attached hydrogens (tertiary/aromatic N) is 1. The molecule has 0 aliphatic rings. The fraction of sp³-hybridized carbons (Fsp3) is 0.353. The van der Waals surface area contributed by atoms with E-state index in [0.717, 1.165) is 28.1 Å². The van der Waals surface area contributed by atoms with Gasteiger partial charge in [0.1, 0.15) is 11.4 Å². The van der Waals surface area contributed by atoms with E-state index in [2.05, 4.69) is 57.8 Å². The molecule has 0 spiro atoms. The van der Waals surface area contributed by atoms with Crippen LogP contribution in [-0.2, 0) is 0 Å². The summed E-state index contributed by atoms with van der Waals surface area (Å²) in [4.78, 5) is 4.50. The first-order valence-electron chi connectivity index (χ1n) is 6.59. The minimum absolute atomic E-state index is 0.219. The summed E-state index contributed by atoms with van der Waals surface area (Å²) in [7, 11) is 0. The Morgan fingerprint density at radius 2 is 1.63 bits per heavy atom. The molecular formula is C17H21NO. The van der Waals surface area contributed by atoms with Crippen LogP contribution in [0.25, 0.3) is 11.3 Å². The minimum atomic E-state index is -0.219. The Labute approximate surface area is 115 Å². The number of aromatic nitrogens is 1. The van der Waals surface area contributed by atoms with E-state index in [1.807, 2.05) is 18.3 Å². The number of pyridine rings is 1. The number of aryl methyl sites for hydroxylation is 2. The van der Waals surface area contributed by atoms with Crippen molar-refractivity contribution < 1.29 is 4.74 Å². The molecule has 0 amide bonds. The number of para-hydroxylation sites is 1. The van der Waals surface area contributed by atoms with Crippen molar-refractivity contribution in [1.29, 1.82) is 0 Å². The number of hydrogen-bond donors (Lipinski definition) is 0. The average molecular weight is 255 g/mol. The largest absolute Gasteiger partial charge is 0.487 e. The maximum absolute atomic E-state index is 6.13. The molecule has 0 saturated heterocycles. The monoisotopic (exact) mass is 255 g/mol. The van der Waals surface area contributed by atoms with Crippen molar-refractivity contribution in [2.75, 3.05) is 0 Å². The van der Waals surface area contributed by atoms with E-state index in [-0.39, 0.29) is 5.60 Å². The SMILES string of the molecule is Cc1cccnc1-c1cccc(C)c1OC(C)(C)C. The normalized spacial score (nSPS) is 11.4. The Bertz CT molecular complexity index is 582. The van der Waals surface area contributed by atoms with Gasteiger partial charge in [-0.3, -0.25) is 4.98 Å². The highest BCUT2D eigenvalue weighted by Crippen LogP contribution is 2.35. The third-order valence-electron chi connectivity index (χ3n) is 2.88. The molecule has 0 fully saturated rings. The van der Waals surface area contributed by atoms with Crippen molar-refractivity contribution in [3.63, 3.8) is 0 Å². The first-order valence-corrected chi connectivity index (χ1v) is 6.59. The van der Waals surface area contributed by atoms with Crippen LogP contribution >= 0.6 is 0 Å². The molecule has 0 atom stereocenters. The van der Waals surface area contributed by atoms with Crippen LogP contribution in [0.3, 0.4) is 0 Å². The molecular weight excluding hydrogens is 234 g/mol. The molecule has 0 bridgehead atoms. The second kappa shape index (κ2) is 5.04. The molecule has 2 nitrogen and oxygen atoms in total. The highest BCUT2D eigenvalue weighted by Gasteiger charge is 2.18. The van der Waals surface area contributed by atoms with Crippen molar-refractivity contribution >= 4 is 0 Å². The summed E-state index contributed by atoms with van der Waals surface area (Å²) in [6.07, 6.45) is 1.82. The summed E-state index contributed by atoms with van der Waals surface area (Å²) in [6, 6.07) is 10.2. The number of hydrogen-bond acceptors (Lipinski definition) is 2. The number of benzene rings is 1. The van der Waals surface area contributed by atoms with Crippen molar-refractivity contribution in [3.8, 4) is 17.0 Å². The predicted molar refractivity (Wildman–Crippen MR) is 79.5 cm³/mol. The fourth-order valence-corrected chi connectivity index (χ4v) is 2.05. The van der Waals surface area contributed by atoms with E-state index in [4.69, 9.17) is 4.74 Å². The minimum Gasteiger partial charge on any atom is -0.487 e. The van der Waals surface area contributed by atoms with E-state index in [9.17, 15) is 0 Å². The lowest BCUT2D eigenvalue weighted by molar-refractivity contribution is 0.130. The lowest BCUT2D eigenvalue weighted by Crippen LogP contribution is -2.23. The topological polar surface area (TPSA) is 22.1 Å². The summed E-state index contributed by atoms with van der Waals surface area (Å²) in [5.74, 6) is 0.928. The lowest BCUT2D eigenvalue weighted by atomic mass is 10.0. The van der Waals surface area contributed by atoms with E-state index in [1.165, 1.54) is 0 Å². The third kappa shape index (κ3) is 3.14. The van der Waals surface area contributed by atoms with E-state index >= 15 is 0 Å². The molecule has 1 aromatic carbocycles. The molecule has 0 unspecified atom stereocenters. The van der Waals surface area contributed by atoms with E-state index in [0.29, 0.717) is 0 Å². The zero-order valence-corrected chi connectivity index (χ0v) is 12.3. The van der Waals surface area contributed by atoms with Crippen LogP contribution in [0.5, 0.6) is 5.75 Å². The first kappa shape index (κ1) is 13.6. The van der Waals surface area contributed by atoms with Crippen molar-refractivity contribution in [2.45, 2.75) is 40.2 Å². The maximum atomic E-state index is 6.13. The Morgan fingerprint density at radius 1 is 0.947 bits per heavy atom. The van der Waals surface area contributed by atoms with Crippen LogP contribution < -0.4 is 4.74 Å². The van der Waals surface area contributed by atoms with Gasteiger partial charge in [-0.25, -0.2) is 0 Å². The molecule has 0 aliphatic carbocycles. The molecule has 0 radical (unpaired) electrons. The van der Waals surface area contributed by atoms with Gasteiger partial charge in [0.2, 0.25) is 0 Å². The Balaban J connectivity index is 2.58. The van der Waals surface area contributed by atoms with Crippen LogP contribution in [0.4, 0.5) is 0 Å². The highest BCUT2D eigenvalue weighted by molar-refractivity contribution is 5.71. The predicted octanol–water partition coefficient (Wildman–Crippen LogP) is 4.54. The van der Waals surface area contributed by atoms with Gasteiger partial charge >= 0.3 is 0 Å². The molecule has 19 heavy (non-hydrogen) atoms. The molecule has 2 rings (SSSR count). The standard InChI is InChI=1S/C17H21NO/c1-12-9-7-11-18-15(12)14-10-6-8-13(2)16(14)19-17(3,4)5/h6-11H,1-5H3. The van der Waals surface area contributed by atoms with Crippen LogP contribution in [0, 0.1) is 13.8 Å². The van der Waals surface area contributed by atoms with Crippen LogP contribution in [0.2, 0.25) is 0 Å². The van der Waals surface area contributed by atoms with Gasteiger partial charge in [-0.1, -0.05) is 18.2 Å². The van der Waals surface area contributed by atoms with Crippen molar-refractivity contribution in [2.24, 2.45) is 0 Å². The second-order valence-electron chi connectivity index (χ2n) is 5.83. The van der Waals surface area contributed by atoms with Gasteiger partial charge in [0, 0.05) is 11.8 Å². The molecule has 0 saturated carbocycles. The fourth-order valence-electron chi connectivity index (χ4n) is 2.05. The Hall–Kier alpha value is -1.83. The second-order valence-corrected chi connectivity index (χ2v) is 5.83. The zero-order chi connectivity index (χ0) is 14.0. The van der Waals surface area contributed by atoms with Crippen molar-refractivity contribution in [3.05, 3.63) is 47.7 Å². The van der Waals surface area contributed by atoms with Gasteiger partial charge in [0.15, 0.2) is 0 Å². The zero-order valence-electron chi connectivity index (χ0n) is 12.3. The van der Waals surface area contributed by atoms with Crippen LogP contribution in [0.15, 0.2) is 36.5 Å². The summed E-state index contributed by atoms with van der Waals surface area (Å²) in [6.45, 7) is 10.3.